The lowest BCUT2D eigenvalue weighted by molar-refractivity contribution is 0.682. The summed E-state index contributed by atoms with van der Waals surface area (Å²) in [5.74, 6) is 0. The third-order valence-electron chi connectivity index (χ3n) is 2.23. The number of nitrogens with one attached hydrogen (secondary N) is 1. The van der Waals surface area contributed by atoms with Gasteiger partial charge in [-0.15, -0.1) is 0 Å². The molecule has 3 nitrogen and oxygen atoms in total. The summed E-state index contributed by atoms with van der Waals surface area (Å²) in [6.07, 6.45) is 4.90. The number of hydrogen-bond acceptors (Lipinski definition) is 2. The highest BCUT2D eigenvalue weighted by atomic mass is 15.3. The highest BCUT2D eigenvalue weighted by Gasteiger charge is 2.16. The third-order valence-corrected chi connectivity index (χ3v) is 2.23. The van der Waals surface area contributed by atoms with Gasteiger partial charge in [0.2, 0.25) is 0 Å². The smallest absolute Gasteiger partial charge is 0.0583 e. The van der Waals surface area contributed by atoms with Gasteiger partial charge in [0.05, 0.1) is 6.20 Å². The van der Waals surface area contributed by atoms with Gasteiger partial charge in [0.25, 0.3) is 0 Å². The second kappa shape index (κ2) is 2.19. The molecule has 58 valence electrons. The molecule has 0 saturated carbocycles. The van der Waals surface area contributed by atoms with Crippen LogP contribution in [0.1, 0.15) is 24.1 Å². The molecule has 0 amide bonds. The Labute approximate surface area is 65.5 Å². The monoisotopic (exact) mass is 149 g/mol. The molecule has 0 aromatic carbocycles. The summed E-state index contributed by atoms with van der Waals surface area (Å²) in [7, 11) is 1.94. The fraction of sp³-hybridized carbons (Fsp3) is 0.500. The maximum atomic E-state index is 7.63. The van der Waals surface area contributed by atoms with Gasteiger partial charge in [0.1, 0.15) is 0 Å². The van der Waals surface area contributed by atoms with Crippen molar-refractivity contribution in [2.24, 2.45) is 7.05 Å². The second-order valence-corrected chi connectivity index (χ2v) is 2.96. The Morgan fingerprint density at radius 3 is 3.09 bits per heavy atom. The van der Waals surface area contributed by atoms with Crippen LogP contribution in [0.4, 0.5) is 0 Å². The van der Waals surface area contributed by atoms with Crippen molar-refractivity contribution in [3.05, 3.63) is 17.5 Å². The van der Waals surface area contributed by atoms with Crippen LogP contribution >= 0.6 is 0 Å². The topological polar surface area (TPSA) is 41.7 Å². The Balaban J connectivity index is 2.55. The van der Waals surface area contributed by atoms with Gasteiger partial charge in [-0.25, -0.2) is 0 Å². The summed E-state index contributed by atoms with van der Waals surface area (Å²) in [6.45, 7) is 0. The maximum absolute atomic E-state index is 7.63. The van der Waals surface area contributed by atoms with Crippen LogP contribution in [0.25, 0.3) is 0 Å². The fourth-order valence-corrected chi connectivity index (χ4v) is 1.58. The molecule has 0 atom stereocenters. The molecular formula is C8H11N3. The van der Waals surface area contributed by atoms with E-state index in [2.05, 4.69) is 5.10 Å². The molecule has 0 unspecified atom stereocenters. The first-order chi connectivity index (χ1) is 5.29. The molecule has 1 heterocycles. The van der Waals surface area contributed by atoms with E-state index < -0.39 is 0 Å². The van der Waals surface area contributed by atoms with E-state index in [0.29, 0.717) is 0 Å². The van der Waals surface area contributed by atoms with Crippen LogP contribution in [-0.4, -0.2) is 15.5 Å². The van der Waals surface area contributed by atoms with E-state index >= 15 is 0 Å². The van der Waals surface area contributed by atoms with Gasteiger partial charge in [0, 0.05) is 24.0 Å². The number of hydrogen-bond donors (Lipinski definition) is 1. The molecule has 1 aliphatic rings. The molecule has 0 aliphatic heterocycles. The molecule has 1 aromatic heterocycles. The van der Waals surface area contributed by atoms with Crippen LogP contribution in [0.5, 0.6) is 0 Å². The summed E-state index contributed by atoms with van der Waals surface area (Å²) in [5, 5.41) is 11.8. The SMILES string of the molecule is Cn1ncc2c1CCCC2=N. The summed E-state index contributed by atoms with van der Waals surface area (Å²) in [6, 6.07) is 0. The Hall–Kier alpha value is -1.12. The lowest BCUT2D eigenvalue weighted by Crippen LogP contribution is -2.11. The van der Waals surface area contributed by atoms with E-state index in [1.54, 1.807) is 6.20 Å². The maximum Gasteiger partial charge on any atom is 0.0583 e. The van der Waals surface area contributed by atoms with E-state index in [1.807, 2.05) is 11.7 Å². The summed E-state index contributed by atoms with van der Waals surface area (Å²) >= 11 is 0. The second-order valence-electron chi connectivity index (χ2n) is 2.96. The van der Waals surface area contributed by atoms with Gasteiger partial charge in [-0.1, -0.05) is 0 Å². The minimum absolute atomic E-state index is 0.749. The van der Waals surface area contributed by atoms with E-state index in [1.165, 1.54) is 5.69 Å². The standard InChI is InChI=1S/C8H11N3/c1-11-8-4-2-3-7(9)6(8)5-10-11/h5,9H,2-4H2,1H3. The van der Waals surface area contributed by atoms with Crippen LogP contribution < -0.4 is 0 Å². The van der Waals surface area contributed by atoms with Crippen molar-refractivity contribution in [3.8, 4) is 0 Å². The third kappa shape index (κ3) is 0.878. The highest BCUT2D eigenvalue weighted by molar-refractivity contribution is 5.99. The number of nitrogens with zero attached hydrogens (tertiary/aromatic N) is 2. The molecule has 11 heavy (non-hydrogen) atoms. The van der Waals surface area contributed by atoms with Gasteiger partial charge in [-0.2, -0.15) is 5.10 Å². The predicted octanol–water partition coefficient (Wildman–Crippen LogP) is 1.12. The quantitative estimate of drug-likeness (QED) is 0.590. The largest absolute Gasteiger partial charge is 0.305 e. The molecular weight excluding hydrogens is 138 g/mol. The Morgan fingerprint density at radius 1 is 1.55 bits per heavy atom. The van der Waals surface area contributed by atoms with Crippen molar-refractivity contribution < 1.29 is 0 Å². The Bertz CT molecular complexity index is 298. The van der Waals surface area contributed by atoms with Crippen molar-refractivity contribution in [1.82, 2.24) is 9.78 Å². The molecule has 0 saturated heterocycles. The molecule has 0 spiro atoms. The van der Waals surface area contributed by atoms with Crippen LogP contribution in [0.2, 0.25) is 0 Å². The van der Waals surface area contributed by atoms with E-state index in [9.17, 15) is 0 Å². The van der Waals surface area contributed by atoms with Crippen LogP contribution in [-0.2, 0) is 13.5 Å². The summed E-state index contributed by atoms with van der Waals surface area (Å²) in [4.78, 5) is 0. The average Bonchev–Trinajstić information content (AvgIpc) is 2.35. The van der Waals surface area contributed by atoms with Gasteiger partial charge < -0.3 is 5.41 Å². The fourth-order valence-electron chi connectivity index (χ4n) is 1.58. The molecule has 1 aromatic rings. The van der Waals surface area contributed by atoms with Crippen molar-refractivity contribution in [3.63, 3.8) is 0 Å². The zero-order valence-corrected chi connectivity index (χ0v) is 6.59. The molecule has 0 bridgehead atoms. The van der Waals surface area contributed by atoms with Crippen molar-refractivity contribution in [2.75, 3.05) is 0 Å². The van der Waals surface area contributed by atoms with Gasteiger partial charge in [0.15, 0.2) is 0 Å². The molecule has 1 N–H and O–H groups in total. The van der Waals surface area contributed by atoms with Gasteiger partial charge in [-0.3, -0.25) is 4.68 Å². The number of aryl methyl sites for hydroxylation is 1. The van der Waals surface area contributed by atoms with Crippen LogP contribution in [0.3, 0.4) is 0 Å². The van der Waals surface area contributed by atoms with Crippen LogP contribution in [0.15, 0.2) is 6.20 Å². The zero-order valence-electron chi connectivity index (χ0n) is 6.59. The molecule has 1 aliphatic carbocycles. The van der Waals surface area contributed by atoms with Crippen molar-refractivity contribution in [1.29, 1.82) is 5.41 Å². The van der Waals surface area contributed by atoms with Crippen LogP contribution in [0, 0.1) is 5.41 Å². The first-order valence-corrected chi connectivity index (χ1v) is 3.87. The number of rotatable bonds is 0. The summed E-state index contributed by atoms with van der Waals surface area (Å²) < 4.78 is 1.88. The van der Waals surface area contributed by atoms with Crippen molar-refractivity contribution in [2.45, 2.75) is 19.3 Å². The first-order valence-electron chi connectivity index (χ1n) is 3.87. The first kappa shape index (κ1) is 6.58. The Kier molecular flexibility index (Phi) is 1.31. The zero-order chi connectivity index (χ0) is 7.84. The number of aromatic nitrogens is 2. The Morgan fingerprint density at radius 2 is 2.36 bits per heavy atom. The summed E-state index contributed by atoms with van der Waals surface area (Å²) in [5.41, 5.74) is 3.03. The lowest BCUT2D eigenvalue weighted by Gasteiger charge is -2.12. The molecule has 0 radical (unpaired) electrons. The van der Waals surface area contributed by atoms with Gasteiger partial charge >= 0.3 is 0 Å². The van der Waals surface area contributed by atoms with E-state index in [0.717, 1.165) is 30.5 Å². The molecule has 3 heteroatoms. The van der Waals surface area contributed by atoms with E-state index in [-0.39, 0.29) is 0 Å². The van der Waals surface area contributed by atoms with Crippen molar-refractivity contribution >= 4 is 5.71 Å². The predicted molar refractivity (Wildman–Crippen MR) is 43.0 cm³/mol. The highest BCUT2D eigenvalue weighted by Crippen LogP contribution is 2.19. The van der Waals surface area contributed by atoms with E-state index in [4.69, 9.17) is 5.41 Å². The normalized spacial score (nSPS) is 16.6. The molecule has 2 rings (SSSR count). The number of fused-ring (bicyclic) bond motifs is 1. The minimum atomic E-state index is 0.749. The molecule has 0 fully saturated rings. The minimum Gasteiger partial charge on any atom is -0.305 e. The lowest BCUT2D eigenvalue weighted by atomic mass is 9.96. The average molecular weight is 149 g/mol. The van der Waals surface area contributed by atoms with Gasteiger partial charge in [-0.05, 0) is 19.3 Å².